The van der Waals surface area contributed by atoms with Crippen LogP contribution in [0.5, 0.6) is 0 Å². The van der Waals surface area contributed by atoms with Crippen molar-refractivity contribution in [3.63, 3.8) is 0 Å². The first-order valence-electron chi connectivity index (χ1n) is 6.17. The minimum Gasteiger partial charge on any atom is -0.440 e. The molecule has 1 aromatic carbocycles. The Hall–Kier alpha value is -1.99. The molecule has 0 amide bonds. The quantitative estimate of drug-likeness (QED) is 0.861. The third-order valence-electron chi connectivity index (χ3n) is 3.01. The van der Waals surface area contributed by atoms with E-state index in [2.05, 4.69) is 4.72 Å². The number of aryl methyl sites for hydroxylation is 1. The van der Waals surface area contributed by atoms with Gasteiger partial charge in [0.15, 0.2) is 12.0 Å². The van der Waals surface area contributed by atoms with Crippen LogP contribution >= 0.6 is 0 Å². The fraction of sp³-hybridized carbons (Fsp3) is 0.214. The average Bonchev–Trinajstić information content (AvgIpc) is 2.91. The van der Waals surface area contributed by atoms with Gasteiger partial charge in [0.05, 0.1) is 0 Å². The number of aldehydes is 1. The number of hydrogen-bond acceptors (Lipinski definition) is 4. The lowest BCUT2D eigenvalue weighted by Gasteiger charge is -2.14. The second-order valence-electron chi connectivity index (χ2n) is 4.63. The van der Waals surface area contributed by atoms with Crippen molar-refractivity contribution in [1.29, 1.82) is 0 Å². The van der Waals surface area contributed by atoms with Gasteiger partial charge in [-0.25, -0.2) is 17.5 Å². The van der Waals surface area contributed by atoms with Crippen LogP contribution in [-0.4, -0.2) is 14.7 Å². The molecule has 5 nitrogen and oxygen atoms in total. The van der Waals surface area contributed by atoms with Crippen molar-refractivity contribution in [2.24, 2.45) is 0 Å². The molecule has 0 saturated carbocycles. The molecule has 1 unspecified atom stereocenters. The van der Waals surface area contributed by atoms with Crippen molar-refractivity contribution >= 4 is 16.3 Å². The summed E-state index contributed by atoms with van der Waals surface area (Å²) in [4.78, 5) is 10.5. The van der Waals surface area contributed by atoms with Crippen molar-refractivity contribution < 1.29 is 22.0 Å². The molecule has 7 heteroatoms. The smallest absolute Gasteiger partial charge is 0.274 e. The van der Waals surface area contributed by atoms with Crippen LogP contribution in [0.3, 0.4) is 0 Å². The monoisotopic (exact) mass is 311 g/mol. The maximum absolute atomic E-state index is 13.5. The summed E-state index contributed by atoms with van der Waals surface area (Å²) in [5.41, 5.74) is 0.972. The molecule has 21 heavy (non-hydrogen) atoms. The molecule has 0 fully saturated rings. The van der Waals surface area contributed by atoms with E-state index in [0.717, 1.165) is 0 Å². The van der Waals surface area contributed by atoms with E-state index < -0.39 is 21.9 Å². The Bertz CT molecular complexity index is 767. The summed E-state index contributed by atoms with van der Waals surface area (Å²) >= 11 is 0. The Morgan fingerprint density at radius 3 is 2.57 bits per heavy atom. The van der Waals surface area contributed by atoms with E-state index in [1.165, 1.54) is 18.2 Å². The van der Waals surface area contributed by atoms with Crippen LogP contribution in [0.4, 0.5) is 4.39 Å². The van der Waals surface area contributed by atoms with E-state index in [0.29, 0.717) is 17.4 Å². The second kappa shape index (κ2) is 5.79. The van der Waals surface area contributed by atoms with Gasteiger partial charge in [0.25, 0.3) is 10.0 Å². The first-order valence-corrected chi connectivity index (χ1v) is 7.65. The lowest BCUT2D eigenvalue weighted by atomic mass is 10.1. The fourth-order valence-electron chi connectivity index (χ4n) is 1.78. The van der Waals surface area contributed by atoms with Gasteiger partial charge < -0.3 is 4.42 Å². The van der Waals surface area contributed by atoms with Gasteiger partial charge in [-0.3, -0.25) is 4.79 Å². The number of nitrogens with one attached hydrogen (secondary N) is 1. The number of hydrogen-bond donors (Lipinski definition) is 1. The predicted octanol–water partition coefficient (Wildman–Crippen LogP) is 2.58. The molecule has 0 spiro atoms. The van der Waals surface area contributed by atoms with E-state index in [9.17, 15) is 17.6 Å². The Morgan fingerprint density at radius 2 is 2.00 bits per heavy atom. The molecular weight excluding hydrogens is 297 g/mol. The molecule has 0 aliphatic rings. The Labute approximate surface area is 121 Å². The van der Waals surface area contributed by atoms with Crippen LogP contribution in [0.25, 0.3) is 0 Å². The first kappa shape index (κ1) is 15.4. The van der Waals surface area contributed by atoms with Crippen molar-refractivity contribution in [3.8, 4) is 0 Å². The van der Waals surface area contributed by atoms with E-state index in [1.54, 1.807) is 26.0 Å². The van der Waals surface area contributed by atoms with E-state index in [1.807, 2.05) is 0 Å². The highest BCUT2D eigenvalue weighted by Gasteiger charge is 2.22. The Kier molecular flexibility index (Phi) is 4.24. The molecular formula is C14H14FNO4S. The lowest BCUT2D eigenvalue weighted by Crippen LogP contribution is -2.26. The molecule has 0 aliphatic carbocycles. The SMILES string of the molecule is Cc1ccc(C(C)NS(=O)(=O)c2ccc(C=O)o2)cc1F. The lowest BCUT2D eigenvalue weighted by molar-refractivity contribution is 0.109. The molecule has 1 atom stereocenters. The maximum Gasteiger partial charge on any atom is 0.274 e. The van der Waals surface area contributed by atoms with Gasteiger partial charge in [-0.1, -0.05) is 12.1 Å². The van der Waals surface area contributed by atoms with Crippen molar-refractivity contribution in [3.05, 3.63) is 53.0 Å². The van der Waals surface area contributed by atoms with Crippen molar-refractivity contribution in [1.82, 2.24) is 4.72 Å². The van der Waals surface area contributed by atoms with Gasteiger partial charge in [0, 0.05) is 6.04 Å². The minimum absolute atomic E-state index is 0.0793. The highest BCUT2D eigenvalue weighted by molar-refractivity contribution is 7.89. The summed E-state index contributed by atoms with van der Waals surface area (Å²) in [6.45, 7) is 3.21. The molecule has 2 rings (SSSR count). The van der Waals surface area contributed by atoms with Gasteiger partial charge in [-0.2, -0.15) is 0 Å². The largest absolute Gasteiger partial charge is 0.440 e. The highest BCUT2D eigenvalue weighted by Crippen LogP contribution is 2.20. The van der Waals surface area contributed by atoms with Crippen LogP contribution in [0, 0.1) is 12.7 Å². The first-order chi connectivity index (χ1) is 9.83. The van der Waals surface area contributed by atoms with Crippen molar-refractivity contribution in [2.45, 2.75) is 25.0 Å². The molecule has 2 aromatic rings. The standard InChI is InChI=1S/C14H14FNO4S/c1-9-3-4-11(7-13(9)15)10(2)16-21(18,19)14-6-5-12(8-17)20-14/h3-8,10,16H,1-2H3. The van der Waals surface area contributed by atoms with Crippen LogP contribution in [0.2, 0.25) is 0 Å². The molecule has 1 aromatic heterocycles. The summed E-state index contributed by atoms with van der Waals surface area (Å²) in [5, 5.41) is -0.357. The molecule has 0 saturated heterocycles. The predicted molar refractivity (Wildman–Crippen MR) is 74.0 cm³/mol. The molecule has 1 heterocycles. The molecule has 0 radical (unpaired) electrons. The maximum atomic E-state index is 13.5. The number of furan rings is 1. The zero-order valence-corrected chi connectivity index (χ0v) is 12.3. The zero-order chi connectivity index (χ0) is 15.6. The third kappa shape index (κ3) is 3.37. The van der Waals surface area contributed by atoms with Crippen LogP contribution in [0.15, 0.2) is 39.8 Å². The van der Waals surface area contributed by atoms with E-state index >= 15 is 0 Å². The van der Waals surface area contributed by atoms with Crippen LogP contribution in [0.1, 0.15) is 34.6 Å². The molecule has 112 valence electrons. The summed E-state index contributed by atoms with van der Waals surface area (Å²) < 4.78 is 44.9. The van der Waals surface area contributed by atoms with E-state index in [4.69, 9.17) is 4.42 Å². The van der Waals surface area contributed by atoms with Gasteiger partial charge in [0.1, 0.15) is 5.82 Å². The molecule has 1 N–H and O–H groups in total. The van der Waals surface area contributed by atoms with Crippen molar-refractivity contribution in [2.75, 3.05) is 0 Å². The summed E-state index contributed by atoms with van der Waals surface area (Å²) in [6, 6.07) is 6.31. The fourth-order valence-corrected chi connectivity index (χ4v) is 2.95. The topological polar surface area (TPSA) is 76.4 Å². The molecule has 0 aliphatic heterocycles. The minimum atomic E-state index is -3.92. The number of rotatable bonds is 5. The Morgan fingerprint density at radius 1 is 1.29 bits per heavy atom. The third-order valence-corrected chi connectivity index (χ3v) is 4.42. The number of halogens is 1. The zero-order valence-electron chi connectivity index (χ0n) is 11.5. The highest BCUT2D eigenvalue weighted by atomic mass is 32.2. The molecule has 0 bridgehead atoms. The number of sulfonamides is 1. The normalized spacial score (nSPS) is 13.1. The van der Waals surface area contributed by atoms with Gasteiger partial charge in [-0.05, 0) is 43.2 Å². The average molecular weight is 311 g/mol. The van der Waals surface area contributed by atoms with Gasteiger partial charge in [0.2, 0.25) is 5.09 Å². The Balaban J connectivity index is 2.22. The van der Waals surface area contributed by atoms with Crippen LogP contribution in [-0.2, 0) is 10.0 Å². The van der Waals surface area contributed by atoms with Gasteiger partial charge in [-0.15, -0.1) is 0 Å². The van der Waals surface area contributed by atoms with Crippen LogP contribution < -0.4 is 4.72 Å². The van der Waals surface area contributed by atoms with E-state index in [-0.39, 0.29) is 10.9 Å². The summed E-state index contributed by atoms with van der Waals surface area (Å²) in [7, 11) is -3.92. The summed E-state index contributed by atoms with van der Waals surface area (Å²) in [6.07, 6.45) is 0.414. The second-order valence-corrected chi connectivity index (χ2v) is 6.27. The van der Waals surface area contributed by atoms with Gasteiger partial charge >= 0.3 is 0 Å². The number of carbonyl (C=O) groups is 1. The summed E-state index contributed by atoms with van der Waals surface area (Å²) in [5.74, 6) is -0.482. The number of carbonyl (C=O) groups excluding carboxylic acids is 1. The number of benzene rings is 1.